The Hall–Kier alpha value is -0.870. The third-order valence-corrected chi connectivity index (χ3v) is 5.66. The van der Waals surface area contributed by atoms with Crippen molar-refractivity contribution in [2.45, 2.75) is 111 Å². The highest BCUT2D eigenvalue weighted by molar-refractivity contribution is 5.75. The Balaban J connectivity index is 3.36. The predicted octanol–water partition coefficient (Wildman–Crippen LogP) is 6.49. The van der Waals surface area contributed by atoms with Gasteiger partial charge in [0, 0.05) is 6.42 Å². The van der Waals surface area contributed by atoms with E-state index in [0.29, 0.717) is 32.6 Å². The first-order valence-electron chi connectivity index (χ1n) is 12.1. The average molecular weight is 397 g/mol. The molecule has 1 N–H and O–H groups in total. The number of rotatable bonds is 20. The minimum atomic E-state index is -0.215. The molecule has 4 heteroatoms. The molecule has 0 atom stereocenters. The highest BCUT2D eigenvalue weighted by atomic mass is 16.5. The van der Waals surface area contributed by atoms with Crippen LogP contribution in [0.2, 0.25) is 0 Å². The van der Waals surface area contributed by atoms with Crippen molar-refractivity contribution in [1.29, 1.82) is 0 Å². The molecule has 0 heterocycles. The van der Waals surface area contributed by atoms with Gasteiger partial charge in [0.25, 0.3) is 0 Å². The number of carbonyl (C=O) groups excluding carboxylic acids is 1. The minimum Gasteiger partial charge on any atom is -0.633 e. The van der Waals surface area contributed by atoms with E-state index in [9.17, 15) is 10.0 Å². The summed E-state index contributed by atoms with van der Waals surface area (Å²) >= 11 is 0. The molecule has 0 aliphatic carbocycles. The number of amides is 1. The van der Waals surface area contributed by atoms with Crippen LogP contribution in [-0.2, 0) is 4.79 Å². The molecule has 28 heavy (non-hydrogen) atoms. The zero-order chi connectivity index (χ0) is 20.9. The van der Waals surface area contributed by atoms with E-state index in [1.807, 2.05) is 13.8 Å². The van der Waals surface area contributed by atoms with Crippen molar-refractivity contribution in [3.63, 3.8) is 0 Å². The normalized spacial score (nSPS) is 12.0. The van der Waals surface area contributed by atoms with Gasteiger partial charge in [-0.05, 0) is 46.0 Å². The van der Waals surface area contributed by atoms with Crippen LogP contribution in [-0.4, -0.2) is 36.7 Å². The maximum atomic E-state index is 12.1. The molecule has 0 unspecified atom stereocenters. The van der Waals surface area contributed by atoms with Gasteiger partial charge in [-0.25, -0.2) is 0 Å². The van der Waals surface area contributed by atoms with Gasteiger partial charge in [-0.15, -0.1) is 0 Å². The average Bonchev–Trinajstić information content (AvgIpc) is 2.70. The summed E-state index contributed by atoms with van der Waals surface area (Å²) in [6.45, 7) is 8.19. The van der Waals surface area contributed by atoms with Gasteiger partial charge in [0.05, 0.1) is 26.2 Å². The lowest BCUT2D eigenvalue weighted by atomic mass is 10.1. The number of nitrogens with zero attached hydrogens (tertiary/aromatic N) is 1. The maximum Gasteiger partial charge on any atom is 0.220 e. The molecule has 1 amide bonds. The second-order valence-corrected chi connectivity index (χ2v) is 8.10. The molecular formula is C24H48N2O2. The molecular weight excluding hydrogens is 348 g/mol. The van der Waals surface area contributed by atoms with Crippen LogP contribution in [0, 0.1) is 5.21 Å². The predicted molar refractivity (Wildman–Crippen MR) is 122 cm³/mol. The Bertz CT molecular complexity index is 379. The molecule has 0 saturated carbocycles. The van der Waals surface area contributed by atoms with Gasteiger partial charge in [0.1, 0.15) is 0 Å². The molecule has 0 radical (unpaired) electrons. The van der Waals surface area contributed by atoms with E-state index < -0.39 is 0 Å². The van der Waals surface area contributed by atoms with E-state index in [-0.39, 0.29) is 10.6 Å². The topological polar surface area (TPSA) is 52.2 Å². The number of hydrogen-bond donors (Lipinski definition) is 1. The summed E-state index contributed by atoms with van der Waals surface area (Å²) in [4.78, 5) is 11.8. The Labute approximate surface area is 175 Å². The Morgan fingerprint density at radius 1 is 0.786 bits per heavy atom. The van der Waals surface area contributed by atoms with Gasteiger partial charge >= 0.3 is 0 Å². The summed E-state index contributed by atoms with van der Waals surface area (Å²) in [5, 5.41) is 15.0. The van der Waals surface area contributed by atoms with Crippen LogP contribution in [0.4, 0.5) is 0 Å². The Morgan fingerprint density at radius 2 is 1.29 bits per heavy atom. The second-order valence-electron chi connectivity index (χ2n) is 8.10. The van der Waals surface area contributed by atoms with Gasteiger partial charge in [-0.1, -0.05) is 70.4 Å². The summed E-state index contributed by atoms with van der Waals surface area (Å²) in [5.41, 5.74) is 0. The fourth-order valence-electron chi connectivity index (χ4n) is 3.38. The highest BCUT2D eigenvalue weighted by Crippen LogP contribution is 2.10. The Morgan fingerprint density at radius 3 is 1.82 bits per heavy atom. The zero-order valence-corrected chi connectivity index (χ0v) is 19.1. The first-order chi connectivity index (χ1) is 13.6. The lowest BCUT2D eigenvalue weighted by molar-refractivity contribution is -0.875. The smallest absolute Gasteiger partial charge is 0.220 e. The summed E-state index contributed by atoms with van der Waals surface area (Å²) in [6.07, 6.45) is 21.8. The molecule has 0 spiro atoms. The lowest BCUT2D eigenvalue weighted by Gasteiger charge is -2.41. The first kappa shape index (κ1) is 27.1. The van der Waals surface area contributed by atoms with E-state index in [0.717, 1.165) is 12.8 Å². The highest BCUT2D eigenvalue weighted by Gasteiger charge is 2.11. The molecule has 0 aliphatic heterocycles. The van der Waals surface area contributed by atoms with E-state index in [1.54, 1.807) is 0 Å². The van der Waals surface area contributed by atoms with E-state index in [1.165, 1.54) is 70.6 Å². The quantitative estimate of drug-likeness (QED) is 0.111. The molecule has 0 aromatic carbocycles. The van der Waals surface area contributed by atoms with E-state index in [4.69, 9.17) is 0 Å². The molecule has 0 aliphatic rings. The number of nitrogens with one attached hydrogen (secondary N) is 1. The van der Waals surface area contributed by atoms with Crippen molar-refractivity contribution in [1.82, 2.24) is 5.32 Å². The molecule has 166 valence electrons. The lowest BCUT2D eigenvalue weighted by Crippen LogP contribution is -2.46. The fourth-order valence-corrected chi connectivity index (χ4v) is 3.38. The van der Waals surface area contributed by atoms with Crippen LogP contribution < -0.4 is 5.32 Å². The third-order valence-electron chi connectivity index (χ3n) is 5.66. The maximum absolute atomic E-state index is 12.1. The van der Waals surface area contributed by atoms with Crippen LogP contribution in [0.1, 0.15) is 111 Å². The number of hydrogen-bond acceptors (Lipinski definition) is 2. The van der Waals surface area contributed by atoms with Gasteiger partial charge in [-0.3, -0.25) is 4.79 Å². The molecule has 0 aromatic heterocycles. The zero-order valence-electron chi connectivity index (χ0n) is 19.1. The summed E-state index contributed by atoms with van der Waals surface area (Å²) in [6, 6.07) is 0. The van der Waals surface area contributed by atoms with Crippen molar-refractivity contribution in [3.8, 4) is 0 Å². The minimum absolute atomic E-state index is 0.0939. The fraction of sp³-hybridized carbons (Fsp3) is 0.875. The Kier molecular flexibility index (Phi) is 18.8. The summed E-state index contributed by atoms with van der Waals surface area (Å²) in [5.74, 6) is 0.0939. The number of quaternary nitrogens is 1. The van der Waals surface area contributed by atoms with Crippen molar-refractivity contribution in [3.05, 3.63) is 17.4 Å². The van der Waals surface area contributed by atoms with Gasteiger partial charge in [-0.2, -0.15) is 0 Å². The number of unbranched alkanes of at least 4 members (excludes halogenated alkanes) is 11. The molecule has 4 nitrogen and oxygen atoms in total. The van der Waals surface area contributed by atoms with Gasteiger partial charge in [0.2, 0.25) is 5.91 Å². The first-order valence-corrected chi connectivity index (χ1v) is 12.1. The van der Waals surface area contributed by atoms with Crippen LogP contribution >= 0.6 is 0 Å². The van der Waals surface area contributed by atoms with Crippen molar-refractivity contribution < 1.29 is 9.44 Å². The van der Waals surface area contributed by atoms with Crippen molar-refractivity contribution >= 4 is 5.91 Å². The third kappa shape index (κ3) is 17.2. The molecule has 0 saturated heterocycles. The van der Waals surface area contributed by atoms with Gasteiger partial charge in [0.15, 0.2) is 0 Å². The molecule has 0 bridgehead atoms. The van der Waals surface area contributed by atoms with Crippen LogP contribution in [0.5, 0.6) is 0 Å². The van der Waals surface area contributed by atoms with E-state index >= 15 is 0 Å². The molecule has 0 aromatic rings. The second kappa shape index (κ2) is 19.4. The number of allylic oxidation sites excluding steroid dienone is 2. The standard InChI is InChI=1S/C24H48N2O2/c1-4-7-8-9-10-11-12-13-14-15-16-17-18-19-20-21-24(27)25-22-23-26(28,5-2)6-3/h13-14H,4-12,15-23H2,1-3H3,(H,25,27)/b14-13-. The van der Waals surface area contributed by atoms with E-state index in [2.05, 4.69) is 24.4 Å². The SMILES string of the molecule is CCCCCCCC/C=C\CCCCCCCC(=O)NCC[N+]([O-])(CC)CC. The number of hydroxylamine groups is 3. The molecule has 0 rings (SSSR count). The van der Waals surface area contributed by atoms with Crippen molar-refractivity contribution in [2.24, 2.45) is 0 Å². The number of carbonyl (C=O) groups is 1. The summed E-state index contributed by atoms with van der Waals surface area (Å²) < 4.78 is -0.215. The van der Waals surface area contributed by atoms with Gasteiger partial charge < -0.3 is 15.2 Å². The monoisotopic (exact) mass is 396 g/mol. The summed E-state index contributed by atoms with van der Waals surface area (Å²) in [7, 11) is 0. The van der Waals surface area contributed by atoms with Crippen LogP contribution in [0.15, 0.2) is 12.2 Å². The van der Waals surface area contributed by atoms with Crippen LogP contribution in [0.25, 0.3) is 0 Å². The largest absolute Gasteiger partial charge is 0.633 e. The van der Waals surface area contributed by atoms with Crippen molar-refractivity contribution in [2.75, 3.05) is 26.2 Å². The van der Waals surface area contributed by atoms with Crippen LogP contribution in [0.3, 0.4) is 0 Å². The number of likely N-dealkylation sites (N-methyl/N-ethyl adjacent to an activating group) is 1. The molecule has 0 fully saturated rings.